The van der Waals surface area contributed by atoms with Gasteiger partial charge in [0.15, 0.2) is 0 Å². The van der Waals surface area contributed by atoms with Crippen LogP contribution in [0, 0.1) is 0 Å². The van der Waals surface area contributed by atoms with E-state index in [2.05, 4.69) is 9.97 Å². The largest absolute Gasteiger partial charge is 0.440 e. The van der Waals surface area contributed by atoms with Crippen LogP contribution in [0.2, 0.25) is 0 Å². The molecule has 17 heavy (non-hydrogen) atoms. The molecule has 0 saturated heterocycles. The minimum absolute atomic E-state index is 0.0752. The molecule has 0 atom stereocenters. The van der Waals surface area contributed by atoms with Gasteiger partial charge in [-0.3, -0.25) is 0 Å². The Bertz CT molecular complexity index is 633. The number of rotatable bonds is 3. The van der Waals surface area contributed by atoms with Crippen LogP contribution in [0.5, 0.6) is 0 Å². The van der Waals surface area contributed by atoms with Gasteiger partial charge in [-0.05, 0) is 23.9 Å². The Hall–Kier alpha value is -1.79. The first-order valence-electron chi connectivity index (χ1n) is 5.02. The van der Waals surface area contributed by atoms with Gasteiger partial charge in [0.2, 0.25) is 0 Å². The second kappa shape index (κ2) is 4.23. The molecule has 0 bridgehead atoms. The minimum Gasteiger partial charge on any atom is -0.440 e. The Morgan fingerprint density at radius 1 is 1.41 bits per heavy atom. The van der Waals surface area contributed by atoms with Crippen LogP contribution < -0.4 is 0 Å². The molecule has 86 valence electrons. The van der Waals surface area contributed by atoms with Crippen molar-refractivity contribution in [2.24, 2.45) is 0 Å². The molecule has 0 unspecified atom stereocenters. The van der Waals surface area contributed by atoms with Crippen molar-refractivity contribution in [3.8, 4) is 0 Å². The second-order valence-electron chi connectivity index (χ2n) is 3.35. The van der Waals surface area contributed by atoms with E-state index in [4.69, 9.17) is 4.42 Å². The van der Waals surface area contributed by atoms with Crippen molar-refractivity contribution in [1.29, 1.82) is 0 Å². The van der Waals surface area contributed by atoms with Gasteiger partial charge in [-0.1, -0.05) is 6.07 Å². The normalized spacial score (nSPS) is 11.1. The maximum atomic E-state index is 9.41. The predicted octanol–water partition coefficient (Wildman–Crippen LogP) is 1.97. The van der Waals surface area contributed by atoms with E-state index >= 15 is 0 Å². The summed E-state index contributed by atoms with van der Waals surface area (Å²) >= 11 is 1.30. The Labute approximate surface area is 101 Å². The van der Waals surface area contributed by atoms with Gasteiger partial charge in [-0.25, -0.2) is 9.97 Å². The van der Waals surface area contributed by atoms with E-state index in [1.807, 2.05) is 28.8 Å². The first-order chi connectivity index (χ1) is 8.38. The molecule has 0 amide bonds. The zero-order chi connectivity index (χ0) is 11.7. The van der Waals surface area contributed by atoms with Crippen LogP contribution in [0.3, 0.4) is 0 Å². The first kappa shape index (κ1) is 10.4. The molecule has 3 aromatic rings. The van der Waals surface area contributed by atoms with Gasteiger partial charge < -0.3 is 13.9 Å². The Morgan fingerprint density at radius 2 is 2.35 bits per heavy atom. The molecule has 0 aromatic carbocycles. The molecule has 3 heterocycles. The van der Waals surface area contributed by atoms with E-state index in [-0.39, 0.29) is 6.61 Å². The average molecular weight is 247 g/mol. The molecule has 0 radical (unpaired) electrons. The summed E-state index contributed by atoms with van der Waals surface area (Å²) in [6.07, 6.45) is 4.96. The summed E-state index contributed by atoms with van der Waals surface area (Å²) in [5.74, 6) is 0. The lowest BCUT2D eigenvalue weighted by molar-refractivity contribution is 0.272. The topological polar surface area (TPSA) is 63.6 Å². The fourth-order valence-corrected chi connectivity index (χ4v) is 2.40. The van der Waals surface area contributed by atoms with E-state index in [1.165, 1.54) is 18.0 Å². The zero-order valence-corrected chi connectivity index (χ0v) is 9.59. The Kier molecular flexibility index (Phi) is 2.58. The number of nitrogens with zero attached hydrogens (tertiary/aromatic N) is 3. The van der Waals surface area contributed by atoms with E-state index in [9.17, 15) is 5.11 Å². The molecule has 6 heteroatoms. The van der Waals surface area contributed by atoms with Gasteiger partial charge in [-0.15, -0.1) is 0 Å². The highest BCUT2D eigenvalue weighted by molar-refractivity contribution is 7.99. The molecule has 0 fully saturated rings. The average Bonchev–Trinajstić information content (AvgIpc) is 2.96. The van der Waals surface area contributed by atoms with Crippen LogP contribution in [0.4, 0.5) is 0 Å². The fraction of sp³-hybridized carbons (Fsp3) is 0.0909. The molecule has 1 N–H and O–H groups in total. The van der Waals surface area contributed by atoms with Crippen molar-refractivity contribution in [2.45, 2.75) is 16.9 Å². The maximum absolute atomic E-state index is 9.41. The molecule has 3 rings (SSSR count). The molecule has 0 aliphatic carbocycles. The summed E-state index contributed by atoms with van der Waals surface area (Å²) in [4.78, 5) is 8.45. The molecule has 0 aliphatic heterocycles. The van der Waals surface area contributed by atoms with Crippen LogP contribution in [0.1, 0.15) is 5.69 Å². The van der Waals surface area contributed by atoms with Crippen molar-refractivity contribution in [3.63, 3.8) is 0 Å². The lowest BCUT2D eigenvalue weighted by atomic mass is 10.4. The van der Waals surface area contributed by atoms with E-state index in [0.29, 0.717) is 10.2 Å². The van der Waals surface area contributed by atoms with Gasteiger partial charge in [0, 0.05) is 6.20 Å². The third kappa shape index (κ3) is 1.81. The number of imidazole rings is 1. The third-order valence-electron chi connectivity index (χ3n) is 2.34. The number of fused-ring (bicyclic) bond motifs is 1. The van der Waals surface area contributed by atoms with Crippen LogP contribution in [-0.2, 0) is 6.61 Å². The lowest BCUT2D eigenvalue weighted by Gasteiger charge is -1.98. The molecule has 5 nitrogen and oxygen atoms in total. The van der Waals surface area contributed by atoms with E-state index < -0.39 is 0 Å². The van der Waals surface area contributed by atoms with Crippen LogP contribution in [0.25, 0.3) is 5.65 Å². The summed E-state index contributed by atoms with van der Waals surface area (Å²) < 4.78 is 7.01. The highest BCUT2D eigenvalue weighted by atomic mass is 32.2. The van der Waals surface area contributed by atoms with Crippen LogP contribution in [0.15, 0.2) is 51.5 Å². The van der Waals surface area contributed by atoms with Gasteiger partial charge in [-0.2, -0.15) is 0 Å². The zero-order valence-electron chi connectivity index (χ0n) is 8.78. The Morgan fingerprint density at radius 3 is 3.12 bits per heavy atom. The molecule has 3 aromatic heterocycles. The highest BCUT2D eigenvalue weighted by Crippen LogP contribution is 2.29. The number of pyridine rings is 1. The third-order valence-corrected chi connectivity index (χ3v) is 3.23. The number of aliphatic hydroxyl groups is 1. The first-order valence-corrected chi connectivity index (χ1v) is 5.84. The summed E-state index contributed by atoms with van der Waals surface area (Å²) in [6, 6.07) is 5.69. The van der Waals surface area contributed by atoms with Gasteiger partial charge in [0.25, 0.3) is 5.22 Å². The number of hydrogen-bond donors (Lipinski definition) is 1. The quantitative estimate of drug-likeness (QED) is 0.766. The standard InChI is InChI=1S/C11H9N3O2S/c15-7-8-10(17-11-12-4-6-16-11)13-9-3-1-2-5-14(8)9/h1-6,15H,7H2. The Balaban J connectivity index is 2.09. The van der Waals surface area contributed by atoms with Crippen molar-refractivity contribution in [1.82, 2.24) is 14.4 Å². The number of aromatic nitrogens is 3. The summed E-state index contributed by atoms with van der Waals surface area (Å²) in [6.45, 7) is -0.0752. The molecular weight excluding hydrogens is 238 g/mol. The predicted molar refractivity (Wildman–Crippen MR) is 61.7 cm³/mol. The highest BCUT2D eigenvalue weighted by Gasteiger charge is 2.13. The molecular formula is C11H9N3O2S. The lowest BCUT2D eigenvalue weighted by Crippen LogP contribution is -1.92. The molecule has 0 saturated carbocycles. The maximum Gasteiger partial charge on any atom is 0.262 e. The number of aliphatic hydroxyl groups excluding tert-OH is 1. The van der Waals surface area contributed by atoms with Crippen LogP contribution >= 0.6 is 11.8 Å². The molecule has 0 spiro atoms. The van der Waals surface area contributed by atoms with Crippen molar-refractivity contribution in [3.05, 3.63) is 42.5 Å². The van der Waals surface area contributed by atoms with Crippen molar-refractivity contribution >= 4 is 17.4 Å². The minimum atomic E-state index is -0.0752. The summed E-state index contributed by atoms with van der Waals surface area (Å²) in [7, 11) is 0. The summed E-state index contributed by atoms with van der Waals surface area (Å²) in [5.41, 5.74) is 1.54. The van der Waals surface area contributed by atoms with Gasteiger partial charge >= 0.3 is 0 Å². The molecule has 0 aliphatic rings. The van der Waals surface area contributed by atoms with E-state index in [0.717, 1.165) is 11.3 Å². The van der Waals surface area contributed by atoms with E-state index in [1.54, 1.807) is 6.20 Å². The second-order valence-corrected chi connectivity index (χ2v) is 4.29. The number of oxazole rings is 1. The summed E-state index contributed by atoms with van der Waals surface area (Å²) in [5, 5.41) is 10.6. The monoisotopic (exact) mass is 247 g/mol. The van der Waals surface area contributed by atoms with Crippen molar-refractivity contribution in [2.75, 3.05) is 0 Å². The SMILES string of the molecule is OCc1c(Sc2ncco2)nc2ccccn12. The van der Waals surface area contributed by atoms with Crippen LogP contribution in [-0.4, -0.2) is 19.5 Å². The number of hydrogen-bond acceptors (Lipinski definition) is 5. The van der Waals surface area contributed by atoms with Gasteiger partial charge in [0.05, 0.1) is 18.5 Å². The fourth-order valence-electron chi connectivity index (χ4n) is 1.59. The smallest absolute Gasteiger partial charge is 0.262 e. The van der Waals surface area contributed by atoms with Crippen molar-refractivity contribution < 1.29 is 9.52 Å². The van der Waals surface area contributed by atoms with Gasteiger partial charge in [0.1, 0.15) is 16.9 Å².